The number of anilines is 2. The molecule has 0 bridgehead atoms. The number of aromatic nitrogens is 1. The molecule has 1 heterocycles. The molecule has 2 aromatic carbocycles. The van der Waals surface area contributed by atoms with Crippen LogP contribution in [-0.2, 0) is 4.79 Å². The summed E-state index contributed by atoms with van der Waals surface area (Å²) in [5.41, 5.74) is 6.32. The molecule has 0 radical (unpaired) electrons. The number of hydrogen-bond donors (Lipinski definition) is 5. The number of nitrogens with one attached hydrogen (secondary N) is 2. The lowest BCUT2D eigenvalue weighted by Crippen LogP contribution is -2.23. The van der Waals surface area contributed by atoms with Crippen molar-refractivity contribution in [3.63, 3.8) is 0 Å². The number of carbonyl (C=O) groups excluding carboxylic acids is 1. The monoisotopic (exact) mass is 437 g/mol. The summed E-state index contributed by atoms with van der Waals surface area (Å²) in [7, 11) is 0. The zero-order valence-corrected chi connectivity index (χ0v) is 15.4. The van der Waals surface area contributed by atoms with Gasteiger partial charge in [0.05, 0.1) is 16.8 Å². The number of alkyl halides is 3. The number of hydrogen-bond acceptors (Lipinski definition) is 5. The third-order valence-electron chi connectivity index (χ3n) is 3.77. The van der Waals surface area contributed by atoms with Crippen molar-refractivity contribution >= 4 is 40.1 Å². The highest BCUT2D eigenvalue weighted by Crippen LogP contribution is 2.18. The number of carboxylic acids is 2. The van der Waals surface area contributed by atoms with E-state index >= 15 is 0 Å². The minimum absolute atomic E-state index is 0.0352. The Bertz CT molecular complexity index is 1220. The molecule has 12 heteroatoms. The zero-order valence-electron chi connectivity index (χ0n) is 15.4. The average Bonchev–Trinajstić information content (AvgIpc) is 2.68. The average molecular weight is 437 g/mol. The van der Waals surface area contributed by atoms with Crippen LogP contribution < -0.4 is 16.6 Å². The maximum Gasteiger partial charge on any atom is 0.490 e. The number of aliphatic carboxylic acids is 1. The molecule has 31 heavy (non-hydrogen) atoms. The SMILES string of the molecule is Nc1cccc2cc(C(=O)Nc3cccc(C(=O)O)c3)c(=O)[nH]c12.O=C(O)C(F)(F)F. The second-order valence-corrected chi connectivity index (χ2v) is 5.97. The molecule has 0 aliphatic rings. The summed E-state index contributed by atoms with van der Waals surface area (Å²) in [5.74, 6) is -4.50. The second-order valence-electron chi connectivity index (χ2n) is 5.97. The van der Waals surface area contributed by atoms with Gasteiger partial charge in [0.15, 0.2) is 0 Å². The molecule has 0 atom stereocenters. The molecule has 3 aromatic rings. The summed E-state index contributed by atoms with van der Waals surface area (Å²) in [6.07, 6.45) is -5.08. The van der Waals surface area contributed by atoms with E-state index in [1.165, 1.54) is 30.3 Å². The van der Waals surface area contributed by atoms with Gasteiger partial charge in [-0.2, -0.15) is 13.2 Å². The highest BCUT2D eigenvalue weighted by molar-refractivity contribution is 6.06. The van der Waals surface area contributed by atoms with E-state index in [2.05, 4.69) is 10.3 Å². The number of aromatic carboxylic acids is 1. The quantitative estimate of drug-likeness (QED) is 0.393. The van der Waals surface area contributed by atoms with E-state index < -0.39 is 29.6 Å². The van der Waals surface area contributed by atoms with Crippen molar-refractivity contribution in [2.45, 2.75) is 6.18 Å². The first kappa shape index (κ1) is 22.9. The lowest BCUT2D eigenvalue weighted by molar-refractivity contribution is -0.192. The third-order valence-corrected chi connectivity index (χ3v) is 3.77. The van der Waals surface area contributed by atoms with Gasteiger partial charge in [0.25, 0.3) is 11.5 Å². The van der Waals surface area contributed by atoms with Crippen molar-refractivity contribution < 1.29 is 37.8 Å². The fourth-order valence-electron chi connectivity index (χ4n) is 2.35. The Hall–Kier alpha value is -4.35. The smallest absolute Gasteiger partial charge is 0.478 e. The van der Waals surface area contributed by atoms with E-state index in [4.69, 9.17) is 20.7 Å². The van der Waals surface area contributed by atoms with Crippen molar-refractivity contribution in [2.24, 2.45) is 0 Å². The molecular weight excluding hydrogens is 423 g/mol. The number of amides is 1. The Balaban J connectivity index is 0.000000423. The van der Waals surface area contributed by atoms with Crippen LogP contribution in [0.5, 0.6) is 0 Å². The molecular formula is C19H14F3N3O6. The summed E-state index contributed by atoms with van der Waals surface area (Å²) in [6, 6.07) is 12.3. The number of para-hydroxylation sites is 1. The van der Waals surface area contributed by atoms with E-state index in [1.54, 1.807) is 18.2 Å². The zero-order chi connectivity index (χ0) is 23.3. The lowest BCUT2D eigenvalue weighted by Gasteiger charge is -2.07. The Morgan fingerprint density at radius 2 is 1.61 bits per heavy atom. The molecule has 3 rings (SSSR count). The van der Waals surface area contributed by atoms with Gasteiger partial charge >= 0.3 is 18.1 Å². The molecule has 1 aromatic heterocycles. The first-order chi connectivity index (χ1) is 14.4. The van der Waals surface area contributed by atoms with Gasteiger partial charge in [-0.25, -0.2) is 9.59 Å². The first-order valence-corrected chi connectivity index (χ1v) is 8.26. The van der Waals surface area contributed by atoms with Crippen molar-refractivity contribution in [3.8, 4) is 0 Å². The van der Waals surface area contributed by atoms with Gasteiger partial charge in [-0.3, -0.25) is 9.59 Å². The molecule has 0 unspecified atom stereocenters. The standard InChI is InChI=1S/C17H13N3O4.C2HF3O2/c18-13-6-2-3-9-8-12(16(22)20-14(9)13)15(21)19-11-5-1-4-10(7-11)17(23)24;3-2(4,5)1(6)7/h1-8H,18H2,(H,19,21)(H,20,22)(H,23,24);(H,6,7). The van der Waals surface area contributed by atoms with Gasteiger partial charge in [0.2, 0.25) is 0 Å². The van der Waals surface area contributed by atoms with Gasteiger partial charge < -0.3 is 26.2 Å². The summed E-state index contributed by atoms with van der Waals surface area (Å²) in [5, 5.41) is 19.2. The fourth-order valence-corrected chi connectivity index (χ4v) is 2.35. The highest BCUT2D eigenvalue weighted by atomic mass is 19.4. The van der Waals surface area contributed by atoms with Crippen LogP contribution in [0.3, 0.4) is 0 Å². The number of pyridine rings is 1. The maximum absolute atomic E-state index is 12.3. The highest BCUT2D eigenvalue weighted by Gasteiger charge is 2.38. The molecule has 0 aliphatic carbocycles. The van der Waals surface area contributed by atoms with Gasteiger partial charge in [-0.05, 0) is 30.3 Å². The first-order valence-electron chi connectivity index (χ1n) is 8.26. The predicted molar refractivity (Wildman–Crippen MR) is 104 cm³/mol. The van der Waals surface area contributed by atoms with Crippen molar-refractivity contribution in [1.29, 1.82) is 0 Å². The van der Waals surface area contributed by atoms with Gasteiger partial charge in [0.1, 0.15) is 5.56 Å². The maximum atomic E-state index is 12.3. The number of benzene rings is 2. The summed E-state index contributed by atoms with van der Waals surface area (Å²) in [4.78, 5) is 46.9. The third kappa shape index (κ3) is 5.82. The number of carboxylic acid groups (broad SMARTS) is 2. The molecule has 0 saturated carbocycles. The number of nitrogens with two attached hydrogens (primary N) is 1. The van der Waals surface area contributed by atoms with Crippen molar-refractivity contribution in [1.82, 2.24) is 4.98 Å². The van der Waals surface area contributed by atoms with Gasteiger partial charge in [0, 0.05) is 11.1 Å². The number of nitrogen functional groups attached to an aromatic ring is 1. The van der Waals surface area contributed by atoms with E-state index in [9.17, 15) is 27.6 Å². The Kier molecular flexibility index (Phi) is 6.65. The number of carbonyl (C=O) groups is 3. The Labute approximate surface area is 170 Å². The van der Waals surface area contributed by atoms with Crippen LogP contribution in [-0.4, -0.2) is 39.2 Å². The molecule has 0 spiro atoms. The summed E-state index contributed by atoms with van der Waals surface area (Å²) < 4.78 is 31.7. The molecule has 162 valence electrons. The number of rotatable bonds is 3. The van der Waals surface area contributed by atoms with Crippen LogP contribution >= 0.6 is 0 Å². The Morgan fingerprint density at radius 1 is 1.00 bits per heavy atom. The molecule has 0 fully saturated rings. The molecule has 1 amide bonds. The number of aromatic amines is 1. The minimum atomic E-state index is -5.08. The molecule has 6 N–H and O–H groups in total. The van der Waals surface area contributed by atoms with Crippen LogP contribution in [0.2, 0.25) is 0 Å². The van der Waals surface area contributed by atoms with Gasteiger partial charge in [-0.1, -0.05) is 18.2 Å². The molecule has 0 aliphatic heterocycles. The Morgan fingerprint density at radius 3 is 2.19 bits per heavy atom. The van der Waals surface area contributed by atoms with Crippen LogP contribution in [0.25, 0.3) is 10.9 Å². The van der Waals surface area contributed by atoms with Crippen LogP contribution in [0.15, 0.2) is 53.3 Å². The van der Waals surface area contributed by atoms with Crippen LogP contribution in [0.4, 0.5) is 24.5 Å². The van der Waals surface area contributed by atoms with Gasteiger partial charge in [-0.15, -0.1) is 0 Å². The number of halogens is 3. The molecule has 0 saturated heterocycles. The van der Waals surface area contributed by atoms with E-state index in [1.807, 2.05) is 0 Å². The van der Waals surface area contributed by atoms with E-state index in [0.29, 0.717) is 16.6 Å². The predicted octanol–water partition coefficient (Wildman–Crippen LogP) is 2.69. The fraction of sp³-hybridized carbons (Fsp3) is 0.0526. The number of fused-ring (bicyclic) bond motifs is 1. The van der Waals surface area contributed by atoms with Crippen molar-refractivity contribution in [3.05, 3.63) is 70.0 Å². The van der Waals surface area contributed by atoms with E-state index in [0.717, 1.165) is 0 Å². The minimum Gasteiger partial charge on any atom is -0.478 e. The lowest BCUT2D eigenvalue weighted by atomic mass is 10.1. The summed E-state index contributed by atoms with van der Waals surface area (Å²) >= 11 is 0. The largest absolute Gasteiger partial charge is 0.490 e. The topological polar surface area (TPSA) is 163 Å². The summed E-state index contributed by atoms with van der Waals surface area (Å²) in [6.45, 7) is 0. The second kappa shape index (κ2) is 8.98. The van der Waals surface area contributed by atoms with E-state index in [-0.39, 0.29) is 16.8 Å². The molecule has 9 nitrogen and oxygen atoms in total. The van der Waals surface area contributed by atoms with Crippen molar-refractivity contribution in [2.75, 3.05) is 11.1 Å². The normalized spacial score (nSPS) is 10.7. The van der Waals surface area contributed by atoms with Crippen LogP contribution in [0.1, 0.15) is 20.7 Å². The van der Waals surface area contributed by atoms with Crippen LogP contribution in [0, 0.1) is 0 Å². The number of H-pyrrole nitrogens is 1.